The topological polar surface area (TPSA) is 111 Å². The summed E-state index contributed by atoms with van der Waals surface area (Å²) in [5.74, 6) is -1.21. The molecule has 21 heavy (non-hydrogen) atoms. The predicted molar refractivity (Wildman–Crippen MR) is 79.6 cm³/mol. The minimum absolute atomic E-state index is 0.0162. The average Bonchev–Trinajstić information content (AvgIpc) is 2.35. The normalized spacial score (nSPS) is 14.6. The summed E-state index contributed by atoms with van der Waals surface area (Å²) in [5, 5.41) is 20.7. The predicted octanol–water partition coefficient (Wildman–Crippen LogP) is 1.11. The molecule has 0 saturated heterocycles. The average molecular weight is 317 g/mol. The second kappa shape index (κ2) is 8.00. The Morgan fingerprint density at radius 1 is 1.43 bits per heavy atom. The highest BCUT2D eigenvalue weighted by molar-refractivity contribution is 7.93. The lowest BCUT2D eigenvalue weighted by Gasteiger charge is -2.22. The first-order valence-electron chi connectivity index (χ1n) is 6.61. The molecule has 0 amide bonds. The molecule has 0 aromatic carbocycles. The number of allylic oxidation sites excluding steroid dienone is 2. The van der Waals surface area contributed by atoms with Crippen LogP contribution in [0.5, 0.6) is 0 Å². The van der Waals surface area contributed by atoms with E-state index in [9.17, 15) is 13.2 Å². The van der Waals surface area contributed by atoms with E-state index in [1.54, 1.807) is 13.8 Å². The number of carbonyl (C=O) groups is 1. The van der Waals surface area contributed by atoms with Gasteiger partial charge in [0.25, 0.3) is 0 Å². The molecule has 0 aromatic heterocycles. The van der Waals surface area contributed by atoms with Crippen LogP contribution in [0.25, 0.3) is 0 Å². The van der Waals surface area contributed by atoms with Crippen LogP contribution in [-0.2, 0) is 14.8 Å². The van der Waals surface area contributed by atoms with E-state index >= 15 is 0 Å². The van der Waals surface area contributed by atoms with Gasteiger partial charge in [0.1, 0.15) is 12.6 Å². The Kier molecular flexibility index (Phi) is 7.39. The zero-order valence-corrected chi connectivity index (χ0v) is 13.9. The molecule has 0 aliphatic rings. The van der Waals surface area contributed by atoms with Crippen molar-refractivity contribution in [3.8, 4) is 6.07 Å². The zero-order valence-electron chi connectivity index (χ0n) is 13.0. The van der Waals surface area contributed by atoms with Crippen molar-refractivity contribution in [1.82, 2.24) is 9.62 Å². The number of rotatable bonds is 8. The van der Waals surface area contributed by atoms with E-state index in [1.807, 2.05) is 13.8 Å². The third-order valence-corrected chi connectivity index (χ3v) is 5.16. The maximum absolute atomic E-state index is 12.4. The number of likely N-dealkylation sites (N-methyl/N-ethyl adjacent to an activating group) is 1. The fourth-order valence-corrected chi connectivity index (χ4v) is 3.23. The van der Waals surface area contributed by atoms with Crippen molar-refractivity contribution in [1.29, 1.82) is 5.26 Å². The second-order valence-electron chi connectivity index (χ2n) is 5.05. The van der Waals surface area contributed by atoms with Crippen LogP contribution in [0.15, 0.2) is 10.6 Å². The third kappa shape index (κ3) is 5.36. The molecule has 2 N–H and O–H groups in total. The largest absolute Gasteiger partial charge is 0.480 e. The van der Waals surface area contributed by atoms with Crippen LogP contribution in [0.2, 0.25) is 0 Å². The molecule has 1 unspecified atom stereocenters. The number of nitrogens with zero attached hydrogens (tertiary/aromatic N) is 2. The number of hydrogen-bond donors (Lipinski definition) is 2. The van der Waals surface area contributed by atoms with Gasteiger partial charge in [-0.1, -0.05) is 20.8 Å². The maximum atomic E-state index is 12.4. The van der Waals surface area contributed by atoms with Gasteiger partial charge in [-0.15, -0.1) is 0 Å². The van der Waals surface area contributed by atoms with Crippen LogP contribution in [0.3, 0.4) is 0 Å². The van der Waals surface area contributed by atoms with Crippen molar-refractivity contribution in [2.45, 2.75) is 40.2 Å². The highest BCUT2D eigenvalue weighted by Gasteiger charge is 2.27. The van der Waals surface area contributed by atoms with Gasteiger partial charge in [0, 0.05) is 12.7 Å². The van der Waals surface area contributed by atoms with Crippen LogP contribution in [-0.4, -0.2) is 43.4 Å². The van der Waals surface area contributed by atoms with E-state index in [-0.39, 0.29) is 17.2 Å². The Morgan fingerprint density at radius 3 is 2.29 bits per heavy atom. The zero-order chi connectivity index (χ0) is 16.8. The number of sulfonamides is 1. The van der Waals surface area contributed by atoms with Gasteiger partial charge in [-0.05, 0) is 19.3 Å². The second-order valence-corrected chi connectivity index (χ2v) is 7.12. The van der Waals surface area contributed by atoms with Gasteiger partial charge < -0.3 is 10.4 Å². The molecule has 0 bridgehead atoms. The van der Waals surface area contributed by atoms with Crippen molar-refractivity contribution in [3.63, 3.8) is 0 Å². The fourth-order valence-electron chi connectivity index (χ4n) is 1.77. The molecule has 0 aliphatic carbocycles. The first kappa shape index (κ1) is 19.4. The molecule has 8 heteroatoms. The van der Waals surface area contributed by atoms with Gasteiger partial charge in [-0.25, -0.2) is 8.42 Å². The van der Waals surface area contributed by atoms with E-state index in [0.29, 0.717) is 5.70 Å². The molecule has 0 aromatic rings. The number of carboxylic acid groups (broad SMARTS) is 1. The van der Waals surface area contributed by atoms with Crippen molar-refractivity contribution in [2.24, 2.45) is 5.92 Å². The maximum Gasteiger partial charge on any atom is 0.318 e. The molecular weight excluding hydrogens is 294 g/mol. The van der Waals surface area contributed by atoms with E-state index in [2.05, 4.69) is 11.4 Å². The van der Waals surface area contributed by atoms with Gasteiger partial charge in [0.05, 0.1) is 11.0 Å². The summed E-state index contributed by atoms with van der Waals surface area (Å²) < 4.78 is 25.5. The van der Waals surface area contributed by atoms with Crippen LogP contribution in [0.1, 0.15) is 34.1 Å². The Hall–Kier alpha value is -1.59. The summed E-state index contributed by atoms with van der Waals surface area (Å²) in [7, 11) is -2.65. The molecule has 120 valence electrons. The summed E-state index contributed by atoms with van der Waals surface area (Å²) in [6.45, 7) is 6.35. The first-order valence-corrected chi connectivity index (χ1v) is 8.05. The SMILES string of the molecule is CC/C(=C(\C)NC(C#N)C(C)C)S(=O)(=O)N(C)CC(=O)O. The Bertz CT molecular complexity index is 546. The highest BCUT2D eigenvalue weighted by Crippen LogP contribution is 2.19. The number of nitrogens with one attached hydrogen (secondary N) is 1. The summed E-state index contributed by atoms with van der Waals surface area (Å²) in [5.41, 5.74) is 0.370. The first-order chi connectivity index (χ1) is 9.57. The standard InChI is InChI=1S/C13H23N3O4S/c1-6-12(10(4)15-11(7-14)9(2)3)21(19,20)16(5)8-13(17)18/h9,11,15H,6,8H2,1-5H3,(H,17,18)/b12-10-. The number of hydrogen-bond acceptors (Lipinski definition) is 5. The summed E-state index contributed by atoms with van der Waals surface area (Å²) in [6.07, 6.45) is 0.210. The molecule has 0 aliphatic heterocycles. The van der Waals surface area contributed by atoms with Crippen molar-refractivity contribution in [2.75, 3.05) is 13.6 Å². The van der Waals surface area contributed by atoms with Gasteiger partial charge in [0.15, 0.2) is 0 Å². The molecule has 0 fully saturated rings. The summed E-state index contributed by atoms with van der Waals surface area (Å²) >= 11 is 0. The van der Waals surface area contributed by atoms with Crippen molar-refractivity contribution in [3.05, 3.63) is 10.6 Å². The van der Waals surface area contributed by atoms with Crippen molar-refractivity contribution < 1.29 is 18.3 Å². The van der Waals surface area contributed by atoms with Crippen molar-refractivity contribution >= 4 is 16.0 Å². The van der Waals surface area contributed by atoms with Gasteiger partial charge in [0.2, 0.25) is 10.0 Å². The summed E-state index contributed by atoms with van der Waals surface area (Å²) in [4.78, 5) is 10.8. The molecule has 0 spiro atoms. The Labute approximate surface area is 126 Å². The minimum Gasteiger partial charge on any atom is -0.480 e. The van der Waals surface area contributed by atoms with Crippen LogP contribution in [0, 0.1) is 17.2 Å². The van der Waals surface area contributed by atoms with E-state index in [4.69, 9.17) is 10.4 Å². The lowest BCUT2D eigenvalue weighted by molar-refractivity contribution is -0.137. The van der Waals surface area contributed by atoms with E-state index in [1.165, 1.54) is 7.05 Å². The third-order valence-electron chi connectivity index (χ3n) is 3.00. The monoisotopic (exact) mass is 317 g/mol. The van der Waals surface area contributed by atoms with E-state index in [0.717, 1.165) is 4.31 Å². The van der Waals surface area contributed by atoms with Gasteiger partial charge in [-0.2, -0.15) is 9.57 Å². The molecule has 0 saturated carbocycles. The Balaban J connectivity index is 5.51. The van der Waals surface area contributed by atoms with Crippen LogP contribution < -0.4 is 5.32 Å². The number of nitriles is 1. The van der Waals surface area contributed by atoms with Crippen LogP contribution >= 0.6 is 0 Å². The molecule has 1 atom stereocenters. The molecule has 0 rings (SSSR count). The molecule has 0 heterocycles. The molecular formula is C13H23N3O4S. The van der Waals surface area contributed by atoms with E-state index < -0.39 is 28.6 Å². The Morgan fingerprint density at radius 2 is 1.95 bits per heavy atom. The highest BCUT2D eigenvalue weighted by atomic mass is 32.2. The smallest absolute Gasteiger partial charge is 0.318 e. The van der Waals surface area contributed by atoms with Crippen LogP contribution in [0.4, 0.5) is 0 Å². The molecule has 7 nitrogen and oxygen atoms in total. The fraction of sp³-hybridized carbons (Fsp3) is 0.692. The lowest BCUT2D eigenvalue weighted by atomic mass is 10.1. The van der Waals surface area contributed by atoms with Gasteiger partial charge in [-0.3, -0.25) is 4.79 Å². The van der Waals surface area contributed by atoms with Gasteiger partial charge >= 0.3 is 5.97 Å². The summed E-state index contributed by atoms with van der Waals surface area (Å²) in [6, 6.07) is 1.57. The number of carboxylic acids is 1. The minimum atomic E-state index is -3.86. The number of aliphatic carboxylic acids is 1. The molecule has 0 radical (unpaired) electrons. The quantitative estimate of drug-likeness (QED) is 0.694. The lowest BCUT2D eigenvalue weighted by Crippen LogP contribution is -2.36.